The molecule has 18 heavy (non-hydrogen) atoms. The zero-order valence-corrected chi connectivity index (χ0v) is 11.5. The van der Waals surface area contributed by atoms with Crippen molar-refractivity contribution >= 4 is 17.6 Å². The molecular weight excluding hydrogens is 254 g/mol. The van der Waals surface area contributed by atoms with Crippen LogP contribution in [0.5, 0.6) is 5.75 Å². The third-order valence-corrected chi connectivity index (χ3v) is 2.33. The summed E-state index contributed by atoms with van der Waals surface area (Å²) in [6.45, 7) is 6.09. The lowest BCUT2D eigenvalue weighted by molar-refractivity contribution is -0.153. The van der Waals surface area contributed by atoms with Crippen molar-refractivity contribution in [1.29, 1.82) is 0 Å². The van der Waals surface area contributed by atoms with Gasteiger partial charge >= 0.3 is 5.97 Å². The van der Waals surface area contributed by atoms with Crippen molar-refractivity contribution in [3.8, 4) is 5.75 Å². The highest BCUT2D eigenvalue weighted by atomic mass is 35.5. The molecule has 0 spiro atoms. The Hall–Kier alpha value is -1.26. The largest absolute Gasteiger partial charge is 0.506 e. The summed E-state index contributed by atoms with van der Waals surface area (Å²) in [5, 5.41) is 12.5. The van der Waals surface area contributed by atoms with Gasteiger partial charge < -0.3 is 15.2 Å². The zero-order chi connectivity index (χ0) is 13.8. The Morgan fingerprint density at radius 3 is 2.67 bits per heavy atom. The predicted molar refractivity (Wildman–Crippen MR) is 70.7 cm³/mol. The van der Waals surface area contributed by atoms with Crippen LogP contribution in [0, 0.1) is 0 Å². The van der Waals surface area contributed by atoms with Crippen LogP contribution < -0.4 is 5.32 Å². The average molecular weight is 272 g/mol. The Kier molecular flexibility index (Phi) is 4.99. The van der Waals surface area contributed by atoms with Gasteiger partial charge in [0, 0.05) is 6.54 Å². The summed E-state index contributed by atoms with van der Waals surface area (Å²) in [5.74, 6) is -0.250. The molecule has 5 heteroatoms. The molecule has 2 N–H and O–H groups in total. The Labute approximate surface area is 112 Å². The van der Waals surface area contributed by atoms with E-state index >= 15 is 0 Å². The van der Waals surface area contributed by atoms with Gasteiger partial charge in [-0.1, -0.05) is 17.7 Å². The zero-order valence-electron chi connectivity index (χ0n) is 10.8. The van der Waals surface area contributed by atoms with Crippen molar-refractivity contribution in [2.24, 2.45) is 0 Å². The van der Waals surface area contributed by atoms with E-state index in [4.69, 9.17) is 16.3 Å². The van der Waals surface area contributed by atoms with E-state index < -0.39 is 5.60 Å². The maximum Gasteiger partial charge on any atom is 0.320 e. The van der Waals surface area contributed by atoms with Crippen molar-refractivity contribution in [3.05, 3.63) is 28.8 Å². The van der Waals surface area contributed by atoms with Gasteiger partial charge in [0.05, 0.1) is 11.6 Å². The highest BCUT2D eigenvalue weighted by molar-refractivity contribution is 6.32. The highest BCUT2D eigenvalue weighted by Gasteiger charge is 2.15. The number of phenolic OH excluding ortho intramolecular Hbond substituents is 1. The topological polar surface area (TPSA) is 58.6 Å². The van der Waals surface area contributed by atoms with Crippen LogP contribution >= 0.6 is 11.6 Å². The average Bonchev–Trinajstić information content (AvgIpc) is 2.20. The maximum atomic E-state index is 11.4. The number of carbonyl (C=O) groups excluding carboxylic acids is 1. The Morgan fingerprint density at radius 1 is 1.44 bits per heavy atom. The van der Waals surface area contributed by atoms with Gasteiger partial charge in [-0.2, -0.15) is 0 Å². The molecule has 0 saturated heterocycles. The molecule has 0 heterocycles. The van der Waals surface area contributed by atoms with E-state index in [0.717, 1.165) is 5.56 Å². The molecule has 100 valence electrons. The quantitative estimate of drug-likeness (QED) is 0.826. The summed E-state index contributed by atoms with van der Waals surface area (Å²) in [7, 11) is 0. The summed E-state index contributed by atoms with van der Waals surface area (Å²) in [5.41, 5.74) is 0.419. The minimum Gasteiger partial charge on any atom is -0.506 e. The van der Waals surface area contributed by atoms with E-state index in [9.17, 15) is 9.90 Å². The lowest BCUT2D eigenvalue weighted by atomic mass is 10.2. The third-order valence-electron chi connectivity index (χ3n) is 2.03. The normalized spacial score (nSPS) is 11.3. The molecule has 4 nitrogen and oxygen atoms in total. The number of phenols is 1. The minimum atomic E-state index is -0.472. The number of aromatic hydroxyl groups is 1. The third kappa shape index (κ3) is 5.38. The van der Waals surface area contributed by atoms with Gasteiger partial charge in [-0.25, -0.2) is 0 Å². The molecular formula is C13H18ClNO3. The highest BCUT2D eigenvalue weighted by Crippen LogP contribution is 2.23. The summed E-state index contributed by atoms with van der Waals surface area (Å²) >= 11 is 5.77. The van der Waals surface area contributed by atoms with Crippen LogP contribution in [-0.2, 0) is 16.1 Å². The van der Waals surface area contributed by atoms with Crippen molar-refractivity contribution in [2.45, 2.75) is 32.9 Å². The van der Waals surface area contributed by atoms with Gasteiger partial charge in [-0.15, -0.1) is 0 Å². The molecule has 0 radical (unpaired) electrons. The SMILES string of the molecule is CC(C)(C)OC(=O)CNCc1ccc(O)c(Cl)c1. The molecule has 0 saturated carbocycles. The van der Waals surface area contributed by atoms with Gasteiger partial charge in [0.15, 0.2) is 0 Å². The second kappa shape index (κ2) is 6.07. The van der Waals surface area contributed by atoms with E-state index in [2.05, 4.69) is 5.32 Å². The van der Waals surface area contributed by atoms with Gasteiger partial charge in [0.2, 0.25) is 0 Å². The standard InChI is InChI=1S/C13H18ClNO3/c1-13(2,3)18-12(17)8-15-7-9-4-5-11(16)10(14)6-9/h4-6,15-16H,7-8H2,1-3H3. The number of hydrogen-bond acceptors (Lipinski definition) is 4. The molecule has 1 aromatic carbocycles. The molecule has 0 amide bonds. The van der Waals surface area contributed by atoms with Crippen molar-refractivity contribution < 1.29 is 14.6 Å². The number of esters is 1. The van der Waals surface area contributed by atoms with Crippen LogP contribution in [0.15, 0.2) is 18.2 Å². The first kappa shape index (κ1) is 14.8. The summed E-state index contributed by atoms with van der Waals surface area (Å²) < 4.78 is 5.15. The van der Waals surface area contributed by atoms with E-state index in [1.54, 1.807) is 12.1 Å². The molecule has 0 aliphatic heterocycles. The molecule has 0 fully saturated rings. The smallest absolute Gasteiger partial charge is 0.320 e. The van der Waals surface area contributed by atoms with Crippen LogP contribution in [-0.4, -0.2) is 23.2 Å². The Morgan fingerprint density at radius 2 is 2.11 bits per heavy atom. The summed E-state index contributed by atoms with van der Waals surface area (Å²) in [6.07, 6.45) is 0. The lowest BCUT2D eigenvalue weighted by Gasteiger charge is -2.19. The fourth-order valence-electron chi connectivity index (χ4n) is 1.35. The molecule has 0 aromatic heterocycles. The van der Waals surface area contributed by atoms with Crippen molar-refractivity contribution in [2.75, 3.05) is 6.54 Å². The number of nitrogens with one attached hydrogen (secondary N) is 1. The fraction of sp³-hybridized carbons (Fsp3) is 0.462. The molecule has 0 bridgehead atoms. The molecule has 0 atom stereocenters. The lowest BCUT2D eigenvalue weighted by Crippen LogP contribution is -2.31. The van der Waals surface area contributed by atoms with E-state index in [0.29, 0.717) is 11.6 Å². The van der Waals surface area contributed by atoms with Crippen LogP contribution in [0.2, 0.25) is 5.02 Å². The predicted octanol–water partition coefficient (Wildman–Crippen LogP) is 2.48. The number of rotatable bonds is 4. The van der Waals surface area contributed by atoms with Crippen LogP contribution in [0.3, 0.4) is 0 Å². The van der Waals surface area contributed by atoms with E-state index in [-0.39, 0.29) is 18.3 Å². The fourth-order valence-corrected chi connectivity index (χ4v) is 1.55. The van der Waals surface area contributed by atoms with Crippen LogP contribution in [0.4, 0.5) is 0 Å². The van der Waals surface area contributed by atoms with Crippen molar-refractivity contribution in [3.63, 3.8) is 0 Å². The molecule has 1 rings (SSSR count). The minimum absolute atomic E-state index is 0.0487. The first-order chi connectivity index (χ1) is 8.28. The van der Waals surface area contributed by atoms with Crippen molar-refractivity contribution in [1.82, 2.24) is 5.32 Å². The molecule has 0 aliphatic rings. The maximum absolute atomic E-state index is 11.4. The molecule has 1 aromatic rings. The molecule has 0 aliphatic carbocycles. The summed E-state index contributed by atoms with van der Waals surface area (Å²) in [4.78, 5) is 11.4. The summed E-state index contributed by atoms with van der Waals surface area (Å²) in [6, 6.07) is 4.91. The monoisotopic (exact) mass is 271 g/mol. The van der Waals surface area contributed by atoms with Gasteiger partial charge in [-0.3, -0.25) is 4.79 Å². The Balaban J connectivity index is 2.38. The van der Waals surface area contributed by atoms with Crippen LogP contribution in [0.25, 0.3) is 0 Å². The first-order valence-electron chi connectivity index (χ1n) is 5.68. The number of halogens is 1. The van der Waals surface area contributed by atoms with E-state index in [1.165, 1.54) is 6.07 Å². The van der Waals surface area contributed by atoms with Gasteiger partial charge in [0.1, 0.15) is 11.4 Å². The number of hydrogen-bond donors (Lipinski definition) is 2. The van der Waals surface area contributed by atoms with Gasteiger partial charge in [-0.05, 0) is 38.5 Å². The Bertz CT molecular complexity index is 427. The second-order valence-corrected chi connectivity index (χ2v) is 5.38. The van der Waals surface area contributed by atoms with E-state index in [1.807, 2.05) is 20.8 Å². The first-order valence-corrected chi connectivity index (χ1v) is 6.06. The molecule has 0 unspecified atom stereocenters. The number of carbonyl (C=O) groups is 1. The van der Waals surface area contributed by atoms with Gasteiger partial charge in [0.25, 0.3) is 0 Å². The van der Waals surface area contributed by atoms with Crippen LogP contribution in [0.1, 0.15) is 26.3 Å². The number of benzene rings is 1. The number of ether oxygens (including phenoxy) is 1. The second-order valence-electron chi connectivity index (χ2n) is 4.98.